The Bertz CT molecular complexity index is 822. The van der Waals surface area contributed by atoms with Gasteiger partial charge in [0.25, 0.3) is 11.6 Å². The Hall–Kier alpha value is -3.62. The number of carbonyl (C=O) groups is 1. The van der Waals surface area contributed by atoms with Gasteiger partial charge in [-0.15, -0.1) is 0 Å². The molecule has 0 bridgehead atoms. The molecule has 0 saturated carbocycles. The first kappa shape index (κ1) is 18.7. The van der Waals surface area contributed by atoms with Crippen molar-refractivity contribution < 1.29 is 24.3 Å². The third-order valence-corrected chi connectivity index (χ3v) is 3.12. The Labute approximate surface area is 149 Å². The summed E-state index contributed by atoms with van der Waals surface area (Å²) in [6.07, 6.45) is 1.11. The number of carbonyl (C=O) groups excluding carboxylic acids is 1. The maximum absolute atomic E-state index is 11.8. The zero-order chi connectivity index (χ0) is 18.9. The van der Waals surface area contributed by atoms with Crippen molar-refractivity contribution in [1.29, 1.82) is 0 Å². The van der Waals surface area contributed by atoms with E-state index in [2.05, 4.69) is 10.5 Å². The monoisotopic (exact) mass is 359 g/mol. The van der Waals surface area contributed by atoms with E-state index in [0.29, 0.717) is 18.1 Å². The average Bonchev–Trinajstić information content (AvgIpc) is 2.62. The van der Waals surface area contributed by atoms with E-state index in [-0.39, 0.29) is 23.6 Å². The van der Waals surface area contributed by atoms with Crippen LogP contribution in [-0.4, -0.2) is 35.4 Å². The topological polar surface area (TPSA) is 123 Å². The second-order valence-corrected chi connectivity index (χ2v) is 4.96. The second-order valence-electron chi connectivity index (χ2n) is 4.96. The highest BCUT2D eigenvalue weighted by molar-refractivity contribution is 5.86. The molecule has 2 aromatic rings. The van der Waals surface area contributed by atoms with Crippen molar-refractivity contribution in [3.05, 3.63) is 58.1 Å². The van der Waals surface area contributed by atoms with Crippen molar-refractivity contribution in [3.8, 4) is 17.2 Å². The predicted molar refractivity (Wildman–Crippen MR) is 93.6 cm³/mol. The van der Waals surface area contributed by atoms with Gasteiger partial charge >= 0.3 is 0 Å². The van der Waals surface area contributed by atoms with Crippen molar-refractivity contribution in [3.63, 3.8) is 0 Å². The van der Waals surface area contributed by atoms with Crippen LogP contribution in [0, 0.1) is 10.1 Å². The van der Waals surface area contributed by atoms with Crippen LogP contribution < -0.4 is 14.9 Å². The number of non-ortho nitro benzene ring substituents is 1. The Balaban J connectivity index is 1.92. The first-order valence-electron chi connectivity index (χ1n) is 7.65. The van der Waals surface area contributed by atoms with Crippen molar-refractivity contribution in [2.75, 3.05) is 13.2 Å². The lowest BCUT2D eigenvalue weighted by molar-refractivity contribution is -0.384. The molecule has 0 unspecified atom stereocenters. The standard InChI is InChI=1S/C17H17N3O6/c1-2-25-15-5-3-4-6-16(15)26-11-17(22)19-18-10-12-9-13(20(23)24)7-8-14(12)21/h3-10,21H,2,11H2,1H3,(H,19,22)/b18-10-. The highest BCUT2D eigenvalue weighted by Crippen LogP contribution is 2.26. The molecule has 2 rings (SSSR count). The summed E-state index contributed by atoms with van der Waals surface area (Å²) in [5.41, 5.74) is 2.11. The van der Waals surface area contributed by atoms with Crippen LogP contribution in [0.15, 0.2) is 47.6 Å². The Morgan fingerprint density at radius 1 is 1.27 bits per heavy atom. The number of nitrogens with one attached hydrogen (secondary N) is 1. The molecule has 0 saturated heterocycles. The lowest BCUT2D eigenvalue weighted by Gasteiger charge is -2.10. The van der Waals surface area contributed by atoms with Gasteiger partial charge in [-0.3, -0.25) is 14.9 Å². The van der Waals surface area contributed by atoms with Gasteiger partial charge in [0.2, 0.25) is 0 Å². The number of hydrazone groups is 1. The highest BCUT2D eigenvalue weighted by Gasteiger charge is 2.09. The number of para-hydroxylation sites is 2. The van der Waals surface area contributed by atoms with Crippen LogP contribution in [0.5, 0.6) is 17.2 Å². The molecule has 0 fully saturated rings. The average molecular weight is 359 g/mol. The van der Waals surface area contributed by atoms with Crippen LogP contribution in [0.25, 0.3) is 0 Å². The number of phenols is 1. The number of nitro groups is 1. The normalized spacial score (nSPS) is 10.5. The Kier molecular flexibility index (Phi) is 6.49. The number of hydrogen-bond acceptors (Lipinski definition) is 7. The quantitative estimate of drug-likeness (QED) is 0.423. The summed E-state index contributed by atoms with van der Waals surface area (Å²) < 4.78 is 10.8. The van der Waals surface area contributed by atoms with E-state index in [0.717, 1.165) is 18.3 Å². The lowest BCUT2D eigenvalue weighted by Crippen LogP contribution is -2.24. The van der Waals surface area contributed by atoms with Gasteiger partial charge in [0.1, 0.15) is 5.75 Å². The molecule has 136 valence electrons. The van der Waals surface area contributed by atoms with E-state index < -0.39 is 10.8 Å². The van der Waals surface area contributed by atoms with Crippen molar-refractivity contribution in [2.24, 2.45) is 5.10 Å². The van der Waals surface area contributed by atoms with Gasteiger partial charge in [-0.2, -0.15) is 5.10 Å². The summed E-state index contributed by atoms with van der Waals surface area (Å²) in [6.45, 7) is 1.99. The Morgan fingerprint density at radius 2 is 1.96 bits per heavy atom. The number of nitro benzene ring substituents is 1. The number of rotatable bonds is 8. The van der Waals surface area contributed by atoms with Crippen molar-refractivity contribution >= 4 is 17.8 Å². The maximum Gasteiger partial charge on any atom is 0.277 e. The molecule has 0 aliphatic carbocycles. The van der Waals surface area contributed by atoms with E-state index in [1.165, 1.54) is 6.07 Å². The zero-order valence-electron chi connectivity index (χ0n) is 13.9. The molecule has 2 N–H and O–H groups in total. The summed E-state index contributed by atoms with van der Waals surface area (Å²) in [5.74, 6) is 0.200. The fourth-order valence-electron chi connectivity index (χ4n) is 1.95. The van der Waals surface area contributed by atoms with Gasteiger partial charge in [-0.1, -0.05) is 12.1 Å². The zero-order valence-corrected chi connectivity index (χ0v) is 13.9. The maximum atomic E-state index is 11.8. The van der Waals surface area contributed by atoms with Crippen LogP contribution in [0.3, 0.4) is 0 Å². The SMILES string of the molecule is CCOc1ccccc1OCC(=O)N/N=C\c1cc([N+](=O)[O-])ccc1O. The van der Waals surface area contributed by atoms with E-state index in [4.69, 9.17) is 9.47 Å². The molecular formula is C17H17N3O6. The number of hydrogen-bond donors (Lipinski definition) is 2. The predicted octanol–water partition coefficient (Wildman–Crippen LogP) is 2.23. The van der Waals surface area contributed by atoms with E-state index >= 15 is 0 Å². The van der Waals surface area contributed by atoms with E-state index in [1.54, 1.807) is 24.3 Å². The minimum Gasteiger partial charge on any atom is -0.507 e. The number of ether oxygens (including phenoxy) is 2. The van der Waals surface area contributed by atoms with Crippen LogP contribution in [0.2, 0.25) is 0 Å². The van der Waals surface area contributed by atoms with Crippen molar-refractivity contribution in [2.45, 2.75) is 6.92 Å². The number of aromatic hydroxyl groups is 1. The van der Waals surface area contributed by atoms with Crippen molar-refractivity contribution in [1.82, 2.24) is 5.43 Å². The van der Waals surface area contributed by atoms with Gasteiger partial charge in [0.05, 0.1) is 17.7 Å². The number of amides is 1. The molecule has 0 radical (unpaired) electrons. The molecular weight excluding hydrogens is 342 g/mol. The molecule has 2 aromatic carbocycles. The van der Waals surface area contributed by atoms with E-state index in [1.807, 2.05) is 6.92 Å². The smallest absolute Gasteiger partial charge is 0.277 e. The fourth-order valence-corrected chi connectivity index (χ4v) is 1.95. The van der Waals surface area contributed by atoms with Crippen LogP contribution >= 0.6 is 0 Å². The van der Waals surface area contributed by atoms with Gasteiger partial charge < -0.3 is 14.6 Å². The molecule has 0 heterocycles. The molecule has 1 amide bonds. The molecule has 0 atom stereocenters. The molecule has 26 heavy (non-hydrogen) atoms. The van der Waals surface area contributed by atoms with Gasteiger partial charge in [-0.05, 0) is 25.1 Å². The summed E-state index contributed by atoms with van der Waals surface area (Å²) in [4.78, 5) is 21.9. The summed E-state index contributed by atoms with van der Waals surface area (Å²) in [5, 5.41) is 24.0. The minimum absolute atomic E-state index is 0.0992. The minimum atomic E-state index is -0.598. The van der Waals surface area contributed by atoms with Crippen LogP contribution in [0.4, 0.5) is 5.69 Å². The first-order chi connectivity index (χ1) is 12.5. The first-order valence-corrected chi connectivity index (χ1v) is 7.65. The largest absolute Gasteiger partial charge is 0.507 e. The number of nitrogens with zero attached hydrogens (tertiary/aromatic N) is 2. The molecule has 9 nitrogen and oxygen atoms in total. The third-order valence-electron chi connectivity index (χ3n) is 3.12. The summed E-state index contributed by atoms with van der Waals surface area (Å²) >= 11 is 0. The van der Waals surface area contributed by atoms with E-state index in [9.17, 15) is 20.0 Å². The molecule has 0 spiro atoms. The van der Waals surface area contributed by atoms with Gasteiger partial charge in [0.15, 0.2) is 18.1 Å². The summed E-state index contributed by atoms with van der Waals surface area (Å²) in [6, 6.07) is 10.4. The number of phenolic OH excluding ortho intramolecular Hbond substituents is 1. The third kappa shape index (κ3) is 5.20. The second kappa shape index (κ2) is 9.02. The number of benzene rings is 2. The fraction of sp³-hybridized carbons (Fsp3) is 0.176. The lowest BCUT2D eigenvalue weighted by atomic mass is 10.2. The highest BCUT2D eigenvalue weighted by atomic mass is 16.6. The molecule has 0 aliphatic heterocycles. The molecule has 9 heteroatoms. The van der Waals surface area contributed by atoms with Crippen LogP contribution in [0.1, 0.15) is 12.5 Å². The molecule has 0 aliphatic rings. The summed E-state index contributed by atoms with van der Waals surface area (Å²) in [7, 11) is 0. The van der Waals surface area contributed by atoms with Gasteiger partial charge in [0, 0.05) is 17.7 Å². The Morgan fingerprint density at radius 3 is 2.62 bits per heavy atom. The van der Waals surface area contributed by atoms with Crippen LogP contribution in [-0.2, 0) is 4.79 Å². The van der Waals surface area contributed by atoms with Gasteiger partial charge in [-0.25, -0.2) is 5.43 Å². The molecule has 0 aromatic heterocycles.